The van der Waals surface area contributed by atoms with E-state index < -0.39 is 0 Å². The van der Waals surface area contributed by atoms with Gasteiger partial charge in [0.25, 0.3) is 0 Å². The van der Waals surface area contributed by atoms with Crippen molar-refractivity contribution in [3.8, 4) is 0 Å². The third kappa shape index (κ3) is 2.23. The minimum Gasteiger partial charge on any atom is -0.359 e. The zero-order valence-electron chi connectivity index (χ0n) is 16.0. The van der Waals surface area contributed by atoms with Gasteiger partial charge in [0.2, 0.25) is 5.91 Å². The van der Waals surface area contributed by atoms with Gasteiger partial charge in [0.15, 0.2) is 5.78 Å². The maximum Gasteiger partial charge on any atom is 0.223 e. The lowest BCUT2D eigenvalue weighted by Crippen LogP contribution is -2.51. The minimum absolute atomic E-state index is 0.125. The van der Waals surface area contributed by atoms with E-state index in [1.54, 1.807) is 7.05 Å². The zero-order chi connectivity index (χ0) is 18.0. The molecule has 1 N–H and O–H groups in total. The van der Waals surface area contributed by atoms with Crippen LogP contribution in [0, 0.1) is 34.5 Å². The largest absolute Gasteiger partial charge is 0.359 e. The SMILES string of the molecule is CNC(=O)[C@H]1CCC2C3C=C(C)C4=CC(=O)CC[C@]4(C)C3CC[C@@]21C. The quantitative estimate of drug-likeness (QED) is 0.782. The van der Waals surface area contributed by atoms with Gasteiger partial charge in [-0.25, -0.2) is 0 Å². The fraction of sp³-hybridized carbons (Fsp3) is 0.727. The molecule has 0 aromatic rings. The Kier molecular flexibility index (Phi) is 3.79. The molecular formula is C22H31NO2. The van der Waals surface area contributed by atoms with Crippen molar-refractivity contribution < 1.29 is 9.59 Å². The van der Waals surface area contributed by atoms with Crippen LogP contribution in [0.5, 0.6) is 0 Å². The Labute approximate surface area is 151 Å². The van der Waals surface area contributed by atoms with Gasteiger partial charge in [-0.2, -0.15) is 0 Å². The van der Waals surface area contributed by atoms with E-state index in [-0.39, 0.29) is 22.7 Å². The molecular weight excluding hydrogens is 310 g/mol. The molecule has 136 valence electrons. The second-order valence-corrected chi connectivity index (χ2v) is 9.37. The van der Waals surface area contributed by atoms with Gasteiger partial charge < -0.3 is 5.32 Å². The number of rotatable bonds is 1. The molecule has 3 unspecified atom stereocenters. The van der Waals surface area contributed by atoms with E-state index >= 15 is 0 Å². The third-order valence-corrected chi connectivity index (χ3v) is 8.39. The molecule has 0 bridgehead atoms. The van der Waals surface area contributed by atoms with Crippen LogP contribution in [0.1, 0.15) is 59.3 Å². The Hall–Kier alpha value is -1.38. The minimum atomic E-state index is 0.125. The van der Waals surface area contributed by atoms with Crippen molar-refractivity contribution in [1.29, 1.82) is 0 Å². The van der Waals surface area contributed by atoms with E-state index in [9.17, 15) is 9.59 Å². The van der Waals surface area contributed by atoms with Crippen LogP contribution in [-0.4, -0.2) is 18.7 Å². The Balaban J connectivity index is 1.74. The van der Waals surface area contributed by atoms with Crippen molar-refractivity contribution in [2.45, 2.75) is 59.3 Å². The number of hydrogen-bond donors (Lipinski definition) is 1. The van der Waals surface area contributed by atoms with Crippen LogP contribution in [0.4, 0.5) is 0 Å². The average Bonchev–Trinajstić information content (AvgIpc) is 2.93. The van der Waals surface area contributed by atoms with Crippen molar-refractivity contribution in [2.75, 3.05) is 7.05 Å². The summed E-state index contributed by atoms with van der Waals surface area (Å²) in [4.78, 5) is 24.5. The topological polar surface area (TPSA) is 46.2 Å². The van der Waals surface area contributed by atoms with Crippen LogP contribution in [0.25, 0.3) is 0 Å². The first-order valence-corrected chi connectivity index (χ1v) is 9.96. The van der Waals surface area contributed by atoms with Crippen molar-refractivity contribution in [3.63, 3.8) is 0 Å². The molecule has 1 amide bonds. The Bertz CT molecular complexity index is 690. The lowest BCUT2D eigenvalue weighted by molar-refractivity contribution is -0.130. The molecule has 0 aromatic carbocycles. The standard InChI is InChI=1S/C22H31NO2/c1-13-11-15-16-5-6-18(20(25)23-4)21(16,2)10-8-17(15)22(3)9-7-14(24)12-19(13)22/h11-12,15-18H,5-10H2,1-4H3,(H,23,25)/t15?,16?,17?,18-,21+,22-/m1/s1. The van der Waals surface area contributed by atoms with E-state index in [1.165, 1.54) is 17.6 Å². The van der Waals surface area contributed by atoms with Crippen molar-refractivity contribution in [1.82, 2.24) is 5.32 Å². The maximum absolute atomic E-state index is 12.5. The second kappa shape index (κ2) is 5.56. The first-order chi connectivity index (χ1) is 11.8. The van der Waals surface area contributed by atoms with Gasteiger partial charge in [0.1, 0.15) is 0 Å². The third-order valence-electron chi connectivity index (χ3n) is 8.39. The monoisotopic (exact) mass is 341 g/mol. The Morgan fingerprint density at radius 3 is 2.64 bits per heavy atom. The number of carbonyl (C=O) groups is 2. The molecule has 3 nitrogen and oxygen atoms in total. The predicted molar refractivity (Wildman–Crippen MR) is 98.8 cm³/mol. The summed E-state index contributed by atoms with van der Waals surface area (Å²) >= 11 is 0. The molecule has 2 saturated carbocycles. The van der Waals surface area contributed by atoms with Crippen LogP contribution < -0.4 is 5.32 Å². The fourth-order valence-electron chi connectivity index (χ4n) is 7.02. The molecule has 6 atom stereocenters. The highest BCUT2D eigenvalue weighted by molar-refractivity contribution is 5.92. The fourth-order valence-corrected chi connectivity index (χ4v) is 7.02. The smallest absolute Gasteiger partial charge is 0.223 e. The Morgan fingerprint density at radius 2 is 1.92 bits per heavy atom. The highest BCUT2D eigenvalue weighted by Crippen LogP contribution is 2.65. The molecule has 4 rings (SSSR count). The predicted octanol–water partition coefficient (Wildman–Crippen LogP) is 4.05. The molecule has 0 spiro atoms. The second-order valence-electron chi connectivity index (χ2n) is 9.37. The molecule has 0 aromatic heterocycles. The molecule has 25 heavy (non-hydrogen) atoms. The van der Waals surface area contributed by atoms with Crippen molar-refractivity contribution in [2.24, 2.45) is 34.5 Å². The normalized spacial score (nSPS) is 45.7. The number of carbonyl (C=O) groups excluding carboxylic acids is 2. The number of amides is 1. The van der Waals surface area contributed by atoms with Crippen molar-refractivity contribution in [3.05, 3.63) is 23.3 Å². The number of fused-ring (bicyclic) bond motifs is 5. The van der Waals surface area contributed by atoms with Crippen LogP contribution in [0.3, 0.4) is 0 Å². The summed E-state index contributed by atoms with van der Waals surface area (Å²) in [5, 5.41) is 2.90. The molecule has 0 heterocycles. The first-order valence-electron chi connectivity index (χ1n) is 9.96. The van der Waals surface area contributed by atoms with E-state index in [4.69, 9.17) is 0 Å². The van der Waals surface area contributed by atoms with Gasteiger partial charge in [0.05, 0.1) is 0 Å². The molecule has 0 aliphatic heterocycles. The Morgan fingerprint density at radius 1 is 1.16 bits per heavy atom. The van der Waals surface area contributed by atoms with E-state index in [1.807, 2.05) is 6.08 Å². The van der Waals surface area contributed by atoms with Crippen LogP contribution in [0.2, 0.25) is 0 Å². The number of nitrogens with one attached hydrogen (secondary N) is 1. The lowest BCUT2D eigenvalue weighted by atomic mass is 9.47. The summed E-state index contributed by atoms with van der Waals surface area (Å²) in [6, 6.07) is 0. The van der Waals surface area contributed by atoms with Gasteiger partial charge in [-0.1, -0.05) is 25.5 Å². The first kappa shape index (κ1) is 17.1. The zero-order valence-corrected chi connectivity index (χ0v) is 16.0. The molecule has 4 aliphatic rings. The van der Waals surface area contributed by atoms with E-state index in [0.29, 0.717) is 30.0 Å². The molecule has 3 heteroatoms. The number of ketones is 1. The van der Waals surface area contributed by atoms with Gasteiger partial charge in [-0.3, -0.25) is 9.59 Å². The van der Waals surface area contributed by atoms with Crippen LogP contribution in [-0.2, 0) is 9.59 Å². The average molecular weight is 341 g/mol. The van der Waals surface area contributed by atoms with Gasteiger partial charge in [-0.05, 0) is 79.3 Å². The number of allylic oxidation sites excluding steroid dienone is 4. The molecule has 4 aliphatic carbocycles. The van der Waals surface area contributed by atoms with E-state index in [2.05, 4.69) is 32.2 Å². The summed E-state index contributed by atoms with van der Waals surface area (Å²) in [6.45, 7) is 6.95. The van der Waals surface area contributed by atoms with E-state index in [0.717, 1.165) is 25.7 Å². The van der Waals surface area contributed by atoms with Gasteiger partial charge in [0, 0.05) is 19.4 Å². The van der Waals surface area contributed by atoms with Crippen molar-refractivity contribution >= 4 is 11.7 Å². The lowest BCUT2D eigenvalue weighted by Gasteiger charge is -2.56. The maximum atomic E-state index is 12.5. The summed E-state index contributed by atoms with van der Waals surface area (Å²) < 4.78 is 0. The highest BCUT2D eigenvalue weighted by atomic mass is 16.1. The number of hydrogen-bond acceptors (Lipinski definition) is 2. The van der Waals surface area contributed by atoms with Crippen LogP contribution in [0.15, 0.2) is 23.3 Å². The van der Waals surface area contributed by atoms with Gasteiger partial charge >= 0.3 is 0 Å². The summed E-state index contributed by atoms with van der Waals surface area (Å²) in [6.07, 6.45) is 10.6. The summed E-state index contributed by atoms with van der Waals surface area (Å²) in [7, 11) is 1.77. The summed E-state index contributed by atoms with van der Waals surface area (Å²) in [5.74, 6) is 2.46. The summed E-state index contributed by atoms with van der Waals surface area (Å²) in [5.41, 5.74) is 2.88. The molecule has 2 fully saturated rings. The molecule has 0 radical (unpaired) electrons. The molecule has 0 saturated heterocycles. The van der Waals surface area contributed by atoms with Crippen LogP contribution >= 0.6 is 0 Å². The van der Waals surface area contributed by atoms with Gasteiger partial charge in [-0.15, -0.1) is 0 Å². The highest BCUT2D eigenvalue weighted by Gasteiger charge is 2.59.